The molecule has 1 heterocycles. The summed E-state index contributed by atoms with van der Waals surface area (Å²) in [6.07, 6.45) is 2.08. The molecule has 2 aliphatic rings. The van der Waals surface area contributed by atoms with Gasteiger partial charge in [0.1, 0.15) is 0 Å². The van der Waals surface area contributed by atoms with Crippen LogP contribution in [0.25, 0.3) is 0 Å². The summed E-state index contributed by atoms with van der Waals surface area (Å²) in [5.74, 6) is -0.151. The predicted octanol–water partition coefficient (Wildman–Crippen LogP) is -1.90. The van der Waals surface area contributed by atoms with E-state index >= 15 is 0 Å². The molecular weight excluding hydrogens is 338 g/mol. The number of nitrogens with one attached hydrogen (secondary N) is 2. The molecule has 1 saturated carbocycles. The first-order valence-electron chi connectivity index (χ1n) is 9.21. The molecule has 0 radical (unpaired) electrons. The summed E-state index contributed by atoms with van der Waals surface area (Å²) in [5.41, 5.74) is 0. The minimum absolute atomic E-state index is 0.00650. The average Bonchev–Trinajstić information content (AvgIpc) is 3.40. The van der Waals surface area contributed by atoms with Crippen LogP contribution < -0.4 is 10.6 Å². The number of likely N-dealkylation sites (N-methyl/N-ethyl adjacent to an activating group) is 1. The van der Waals surface area contributed by atoms with Gasteiger partial charge in [-0.15, -0.1) is 0 Å². The highest BCUT2D eigenvalue weighted by Crippen LogP contribution is 2.18. The second kappa shape index (κ2) is 10.4. The fourth-order valence-corrected chi connectivity index (χ4v) is 2.77. The van der Waals surface area contributed by atoms with E-state index in [2.05, 4.69) is 20.4 Å². The Balaban J connectivity index is 1.60. The van der Waals surface area contributed by atoms with E-state index in [-0.39, 0.29) is 24.3 Å². The molecule has 0 aromatic heterocycles. The zero-order valence-corrected chi connectivity index (χ0v) is 15.8. The van der Waals surface area contributed by atoms with Gasteiger partial charge in [0.05, 0.1) is 26.2 Å². The van der Waals surface area contributed by atoms with E-state index in [0.29, 0.717) is 32.3 Å². The Hall–Kier alpha value is -1.71. The third kappa shape index (κ3) is 7.67. The van der Waals surface area contributed by atoms with Gasteiger partial charge in [0.2, 0.25) is 17.7 Å². The molecule has 3 amide bonds. The summed E-state index contributed by atoms with van der Waals surface area (Å²) in [4.78, 5) is 41.5. The number of piperazine rings is 1. The van der Waals surface area contributed by atoms with Crippen molar-refractivity contribution in [2.45, 2.75) is 18.9 Å². The lowest BCUT2D eigenvalue weighted by Gasteiger charge is -2.34. The topological polar surface area (TPSA) is 94.2 Å². The van der Waals surface area contributed by atoms with Gasteiger partial charge in [-0.3, -0.25) is 24.2 Å². The summed E-state index contributed by atoms with van der Waals surface area (Å²) < 4.78 is 4.90. The molecule has 148 valence electrons. The van der Waals surface area contributed by atoms with Crippen molar-refractivity contribution in [1.82, 2.24) is 25.3 Å². The monoisotopic (exact) mass is 369 g/mol. The number of hydrogen-bond donors (Lipinski definition) is 2. The fraction of sp³-hybridized carbons (Fsp3) is 0.824. The maximum atomic E-state index is 12.3. The average molecular weight is 369 g/mol. The van der Waals surface area contributed by atoms with Crippen LogP contribution in [0.5, 0.6) is 0 Å². The fourth-order valence-electron chi connectivity index (χ4n) is 2.77. The normalized spacial score (nSPS) is 18.4. The molecule has 0 unspecified atom stereocenters. The van der Waals surface area contributed by atoms with Gasteiger partial charge in [-0.2, -0.15) is 0 Å². The Morgan fingerprint density at radius 3 is 2.23 bits per heavy atom. The Labute approximate surface area is 155 Å². The van der Waals surface area contributed by atoms with Crippen LogP contribution in [0.1, 0.15) is 12.8 Å². The molecule has 2 N–H and O–H groups in total. The van der Waals surface area contributed by atoms with Gasteiger partial charge in [0.25, 0.3) is 0 Å². The van der Waals surface area contributed by atoms with E-state index in [9.17, 15) is 14.4 Å². The van der Waals surface area contributed by atoms with Crippen molar-refractivity contribution in [2.75, 3.05) is 73.1 Å². The van der Waals surface area contributed by atoms with E-state index in [0.717, 1.165) is 39.0 Å². The Bertz CT molecular complexity index is 490. The number of methoxy groups -OCH3 is 1. The van der Waals surface area contributed by atoms with Gasteiger partial charge >= 0.3 is 0 Å². The summed E-state index contributed by atoms with van der Waals surface area (Å²) in [7, 11) is 3.26. The molecular formula is C17H31N5O4. The van der Waals surface area contributed by atoms with Gasteiger partial charge < -0.3 is 20.3 Å². The number of hydrogen-bond acceptors (Lipinski definition) is 6. The molecule has 0 aromatic carbocycles. The number of rotatable bonds is 10. The lowest BCUT2D eigenvalue weighted by molar-refractivity contribution is -0.136. The third-order valence-corrected chi connectivity index (χ3v) is 4.57. The van der Waals surface area contributed by atoms with Crippen LogP contribution in [-0.4, -0.2) is 112 Å². The maximum absolute atomic E-state index is 12.3. The maximum Gasteiger partial charge on any atom is 0.239 e. The van der Waals surface area contributed by atoms with E-state index < -0.39 is 0 Å². The Morgan fingerprint density at radius 1 is 1.04 bits per heavy atom. The molecule has 1 aliphatic carbocycles. The van der Waals surface area contributed by atoms with Gasteiger partial charge in [-0.25, -0.2) is 0 Å². The van der Waals surface area contributed by atoms with Gasteiger partial charge in [0.15, 0.2) is 0 Å². The molecule has 2 fully saturated rings. The molecule has 0 atom stereocenters. The van der Waals surface area contributed by atoms with E-state index in [1.54, 1.807) is 14.2 Å². The SMILES string of the molecule is COCCNC(=O)CN1CCN(CC(=O)N(C)CC(=O)NC2CC2)CC1. The molecule has 0 bridgehead atoms. The van der Waals surface area contributed by atoms with Gasteiger partial charge in [-0.1, -0.05) is 0 Å². The van der Waals surface area contributed by atoms with Crippen LogP contribution in [0.2, 0.25) is 0 Å². The van der Waals surface area contributed by atoms with Crippen LogP contribution in [0.15, 0.2) is 0 Å². The zero-order chi connectivity index (χ0) is 18.9. The molecule has 1 saturated heterocycles. The number of carbonyl (C=O) groups excluding carboxylic acids is 3. The summed E-state index contributed by atoms with van der Waals surface area (Å²) in [5, 5.41) is 5.69. The molecule has 0 spiro atoms. The van der Waals surface area contributed by atoms with Crippen molar-refractivity contribution in [2.24, 2.45) is 0 Å². The molecule has 26 heavy (non-hydrogen) atoms. The number of amides is 3. The van der Waals surface area contributed by atoms with Gasteiger partial charge in [0, 0.05) is 52.9 Å². The molecule has 2 rings (SSSR count). The predicted molar refractivity (Wildman–Crippen MR) is 96.6 cm³/mol. The number of nitrogens with zero attached hydrogens (tertiary/aromatic N) is 3. The quantitative estimate of drug-likeness (QED) is 0.437. The van der Waals surface area contributed by atoms with Crippen LogP contribution in [0.3, 0.4) is 0 Å². The van der Waals surface area contributed by atoms with E-state index in [1.165, 1.54) is 4.90 Å². The van der Waals surface area contributed by atoms with E-state index in [4.69, 9.17) is 4.74 Å². The summed E-state index contributed by atoms with van der Waals surface area (Å²) in [6, 6.07) is 0.311. The highest BCUT2D eigenvalue weighted by molar-refractivity contribution is 5.85. The smallest absolute Gasteiger partial charge is 0.239 e. The molecule has 9 nitrogen and oxygen atoms in total. The standard InChI is InChI=1S/C17H31N5O4/c1-20(11-16(24)19-14-3-4-14)17(25)13-22-8-6-21(7-9-22)12-15(23)18-5-10-26-2/h14H,3-13H2,1-2H3,(H,18,23)(H,19,24). The lowest BCUT2D eigenvalue weighted by atomic mass is 10.3. The first-order valence-corrected chi connectivity index (χ1v) is 9.21. The molecule has 0 aromatic rings. The second-order valence-electron chi connectivity index (χ2n) is 6.99. The Morgan fingerprint density at radius 2 is 1.65 bits per heavy atom. The third-order valence-electron chi connectivity index (χ3n) is 4.57. The molecule has 9 heteroatoms. The van der Waals surface area contributed by atoms with Crippen LogP contribution in [0.4, 0.5) is 0 Å². The zero-order valence-electron chi connectivity index (χ0n) is 15.8. The Kier molecular flexibility index (Phi) is 8.27. The largest absolute Gasteiger partial charge is 0.383 e. The number of carbonyl (C=O) groups is 3. The van der Waals surface area contributed by atoms with Crippen molar-refractivity contribution >= 4 is 17.7 Å². The second-order valence-corrected chi connectivity index (χ2v) is 6.99. The minimum atomic E-state index is -0.0901. The first kappa shape index (κ1) is 20.6. The lowest BCUT2D eigenvalue weighted by Crippen LogP contribution is -2.52. The van der Waals surface area contributed by atoms with Crippen molar-refractivity contribution in [3.8, 4) is 0 Å². The minimum Gasteiger partial charge on any atom is -0.383 e. The summed E-state index contributed by atoms with van der Waals surface area (Å²) in [6.45, 7) is 4.77. The number of ether oxygens (including phenoxy) is 1. The molecule has 1 aliphatic heterocycles. The summed E-state index contributed by atoms with van der Waals surface area (Å²) >= 11 is 0. The van der Waals surface area contributed by atoms with Crippen LogP contribution >= 0.6 is 0 Å². The highest BCUT2D eigenvalue weighted by atomic mass is 16.5. The van der Waals surface area contributed by atoms with Crippen LogP contribution in [0, 0.1) is 0 Å². The van der Waals surface area contributed by atoms with E-state index in [1.807, 2.05) is 0 Å². The van der Waals surface area contributed by atoms with Crippen molar-refractivity contribution in [1.29, 1.82) is 0 Å². The van der Waals surface area contributed by atoms with Crippen LogP contribution in [-0.2, 0) is 19.1 Å². The van der Waals surface area contributed by atoms with Crippen molar-refractivity contribution in [3.05, 3.63) is 0 Å². The first-order chi connectivity index (χ1) is 12.5. The van der Waals surface area contributed by atoms with Crippen molar-refractivity contribution in [3.63, 3.8) is 0 Å². The van der Waals surface area contributed by atoms with Gasteiger partial charge in [-0.05, 0) is 12.8 Å². The van der Waals surface area contributed by atoms with Crippen molar-refractivity contribution < 1.29 is 19.1 Å². The highest BCUT2D eigenvalue weighted by Gasteiger charge is 2.25.